The molecule has 0 aromatic carbocycles. The number of aromatic nitrogens is 2. The van der Waals surface area contributed by atoms with E-state index in [-0.39, 0.29) is 0 Å². The maximum Gasteiger partial charge on any atom is 0.208 e. The second kappa shape index (κ2) is 4.21. The standard InChI is InChI=1S/C12H19N3OS/c1-9-12(4-7-16-8-5-12)3-6-15(9)11-14-13-10(2)17-11/h9H,3-8H2,1-2H3. The van der Waals surface area contributed by atoms with Crippen molar-refractivity contribution in [1.82, 2.24) is 10.2 Å². The van der Waals surface area contributed by atoms with Gasteiger partial charge in [-0.1, -0.05) is 11.3 Å². The van der Waals surface area contributed by atoms with E-state index in [2.05, 4.69) is 22.0 Å². The second-order valence-electron chi connectivity index (χ2n) is 5.20. The van der Waals surface area contributed by atoms with Gasteiger partial charge in [-0.05, 0) is 38.5 Å². The summed E-state index contributed by atoms with van der Waals surface area (Å²) in [6.45, 7) is 7.33. The van der Waals surface area contributed by atoms with Crippen LogP contribution in [-0.2, 0) is 4.74 Å². The summed E-state index contributed by atoms with van der Waals surface area (Å²) >= 11 is 1.71. The van der Waals surface area contributed by atoms with Gasteiger partial charge in [0, 0.05) is 25.8 Å². The van der Waals surface area contributed by atoms with Gasteiger partial charge >= 0.3 is 0 Å². The van der Waals surface area contributed by atoms with Gasteiger partial charge in [-0.15, -0.1) is 10.2 Å². The number of ether oxygens (including phenoxy) is 1. The predicted octanol–water partition coefficient (Wildman–Crippen LogP) is 2.24. The fourth-order valence-corrected chi connectivity index (χ4v) is 3.98. The van der Waals surface area contributed by atoms with E-state index in [4.69, 9.17) is 4.74 Å². The Bertz CT molecular complexity index is 400. The van der Waals surface area contributed by atoms with E-state index >= 15 is 0 Å². The first-order valence-electron chi connectivity index (χ1n) is 6.36. The van der Waals surface area contributed by atoms with Gasteiger partial charge in [0.25, 0.3) is 0 Å². The van der Waals surface area contributed by atoms with Crippen LogP contribution in [0.4, 0.5) is 5.13 Å². The minimum Gasteiger partial charge on any atom is -0.381 e. The van der Waals surface area contributed by atoms with E-state index in [0.29, 0.717) is 11.5 Å². The van der Waals surface area contributed by atoms with Crippen molar-refractivity contribution in [1.29, 1.82) is 0 Å². The van der Waals surface area contributed by atoms with Crippen LogP contribution in [0.5, 0.6) is 0 Å². The van der Waals surface area contributed by atoms with Crippen LogP contribution in [0.25, 0.3) is 0 Å². The Morgan fingerprint density at radius 3 is 2.71 bits per heavy atom. The normalized spacial score (nSPS) is 27.9. The molecule has 2 aliphatic rings. The molecule has 17 heavy (non-hydrogen) atoms. The molecule has 2 saturated heterocycles. The topological polar surface area (TPSA) is 38.2 Å². The van der Waals surface area contributed by atoms with Crippen molar-refractivity contribution in [2.45, 2.75) is 39.2 Å². The monoisotopic (exact) mass is 253 g/mol. The first-order chi connectivity index (χ1) is 8.21. The lowest BCUT2D eigenvalue weighted by Gasteiger charge is -2.38. The molecule has 5 heteroatoms. The van der Waals surface area contributed by atoms with Gasteiger partial charge in [0.05, 0.1) is 0 Å². The molecule has 3 rings (SSSR count). The van der Waals surface area contributed by atoms with Crippen LogP contribution < -0.4 is 4.90 Å². The average molecular weight is 253 g/mol. The van der Waals surface area contributed by atoms with Gasteiger partial charge in [0.15, 0.2) is 0 Å². The van der Waals surface area contributed by atoms with Crippen LogP contribution in [0.2, 0.25) is 0 Å². The van der Waals surface area contributed by atoms with Gasteiger partial charge in [-0.25, -0.2) is 0 Å². The van der Waals surface area contributed by atoms with Crippen molar-refractivity contribution in [2.24, 2.45) is 5.41 Å². The lowest BCUT2D eigenvalue weighted by Crippen LogP contribution is -2.41. The molecule has 3 heterocycles. The molecule has 1 spiro atoms. The van der Waals surface area contributed by atoms with E-state index in [0.717, 1.165) is 29.9 Å². The van der Waals surface area contributed by atoms with Crippen LogP contribution in [-0.4, -0.2) is 36.0 Å². The van der Waals surface area contributed by atoms with Crippen LogP contribution in [0.1, 0.15) is 31.2 Å². The fourth-order valence-electron chi connectivity index (χ4n) is 3.19. The summed E-state index contributed by atoms with van der Waals surface area (Å²) < 4.78 is 5.51. The molecule has 1 aromatic heterocycles. The molecule has 1 unspecified atom stereocenters. The Balaban J connectivity index is 1.81. The van der Waals surface area contributed by atoms with Crippen molar-refractivity contribution >= 4 is 16.5 Å². The Kier molecular flexibility index (Phi) is 2.83. The lowest BCUT2D eigenvalue weighted by molar-refractivity contribution is 0.0128. The second-order valence-corrected chi connectivity index (χ2v) is 6.36. The van der Waals surface area contributed by atoms with Crippen LogP contribution in [0, 0.1) is 12.3 Å². The highest BCUT2D eigenvalue weighted by Crippen LogP contribution is 2.46. The highest BCUT2D eigenvalue weighted by atomic mass is 32.1. The van der Waals surface area contributed by atoms with Crippen molar-refractivity contribution in [2.75, 3.05) is 24.7 Å². The molecule has 0 aliphatic carbocycles. The van der Waals surface area contributed by atoms with Gasteiger partial charge < -0.3 is 9.64 Å². The molecule has 4 nitrogen and oxygen atoms in total. The number of aryl methyl sites for hydroxylation is 1. The molecule has 0 bridgehead atoms. The molecule has 2 fully saturated rings. The summed E-state index contributed by atoms with van der Waals surface area (Å²) in [7, 11) is 0. The first kappa shape index (κ1) is 11.4. The zero-order valence-electron chi connectivity index (χ0n) is 10.5. The Labute approximate surface area is 106 Å². The fraction of sp³-hybridized carbons (Fsp3) is 0.833. The van der Waals surface area contributed by atoms with Crippen LogP contribution in [0.3, 0.4) is 0 Å². The molecular weight excluding hydrogens is 234 g/mol. The molecule has 94 valence electrons. The summed E-state index contributed by atoms with van der Waals surface area (Å²) in [4.78, 5) is 2.44. The van der Waals surface area contributed by atoms with Crippen LogP contribution >= 0.6 is 11.3 Å². The number of hydrogen-bond donors (Lipinski definition) is 0. The molecule has 1 aromatic rings. The molecule has 0 amide bonds. The van der Waals surface area contributed by atoms with Crippen molar-refractivity contribution in [3.05, 3.63) is 5.01 Å². The number of anilines is 1. The molecule has 1 atom stereocenters. The summed E-state index contributed by atoms with van der Waals surface area (Å²) in [6.07, 6.45) is 3.67. The molecule has 0 saturated carbocycles. The molecule has 0 N–H and O–H groups in total. The van der Waals surface area contributed by atoms with Crippen molar-refractivity contribution in [3.63, 3.8) is 0 Å². The van der Waals surface area contributed by atoms with E-state index < -0.39 is 0 Å². The van der Waals surface area contributed by atoms with Gasteiger partial charge in [0.1, 0.15) is 5.01 Å². The number of hydrogen-bond acceptors (Lipinski definition) is 5. The largest absolute Gasteiger partial charge is 0.381 e. The average Bonchev–Trinajstić information content (AvgIpc) is 2.88. The zero-order valence-corrected chi connectivity index (χ0v) is 11.3. The highest BCUT2D eigenvalue weighted by molar-refractivity contribution is 7.15. The van der Waals surface area contributed by atoms with E-state index in [1.807, 2.05) is 6.92 Å². The molecular formula is C12H19N3OS. The summed E-state index contributed by atoms with van der Waals surface area (Å²) in [5.74, 6) is 0. The predicted molar refractivity (Wildman–Crippen MR) is 68.6 cm³/mol. The van der Waals surface area contributed by atoms with Gasteiger partial charge in [-0.3, -0.25) is 0 Å². The third kappa shape index (κ3) is 1.85. The number of rotatable bonds is 1. The summed E-state index contributed by atoms with van der Waals surface area (Å²) in [5.41, 5.74) is 0.456. The first-order valence-corrected chi connectivity index (χ1v) is 7.17. The minimum atomic E-state index is 0.456. The highest BCUT2D eigenvalue weighted by Gasteiger charge is 2.46. The maximum absolute atomic E-state index is 5.51. The van der Waals surface area contributed by atoms with Gasteiger partial charge in [-0.2, -0.15) is 0 Å². The molecule has 0 radical (unpaired) electrons. The maximum atomic E-state index is 5.51. The Hall–Kier alpha value is -0.680. The molecule has 2 aliphatic heterocycles. The Morgan fingerprint density at radius 1 is 1.29 bits per heavy atom. The lowest BCUT2D eigenvalue weighted by atomic mass is 9.74. The SMILES string of the molecule is Cc1nnc(N2CCC3(CCOCC3)C2C)s1. The third-order valence-electron chi connectivity index (χ3n) is 4.45. The zero-order chi connectivity index (χ0) is 11.9. The Morgan fingerprint density at radius 2 is 2.06 bits per heavy atom. The minimum absolute atomic E-state index is 0.456. The summed E-state index contributed by atoms with van der Waals surface area (Å²) in [5, 5.41) is 10.6. The van der Waals surface area contributed by atoms with Gasteiger partial charge in [0.2, 0.25) is 5.13 Å². The van der Waals surface area contributed by atoms with Crippen LogP contribution in [0.15, 0.2) is 0 Å². The van der Waals surface area contributed by atoms with E-state index in [1.54, 1.807) is 11.3 Å². The van der Waals surface area contributed by atoms with E-state index in [9.17, 15) is 0 Å². The third-order valence-corrected chi connectivity index (χ3v) is 5.33. The number of nitrogens with zero attached hydrogens (tertiary/aromatic N) is 3. The van der Waals surface area contributed by atoms with E-state index in [1.165, 1.54) is 19.3 Å². The van der Waals surface area contributed by atoms with Crippen molar-refractivity contribution in [3.8, 4) is 0 Å². The summed E-state index contributed by atoms with van der Waals surface area (Å²) in [6, 6.07) is 0.568. The smallest absolute Gasteiger partial charge is 0.208 e. The quantitative estimate of drug-likeness (QED) is 0.769. The van der Waals surface area contributed by atoms with Crippen molar-refractivity contribution < 1.29 is 4.74 Å².